The minimum atomic E-state index is 0.143. The summed E-state index contributed by atoms with van der Waals surface area (Å²) < 4.78 is 5.40. The highest BCUT2D eigenvalue weighted by molar-refractivity contribution is 5.77. The number of rotatable bonds is 4. The van der Waals surface area contributed by atoms with Crippen molar-refractivity contribution in [1.29, 1.82) is 0 Å². The van der Waals surface area contributed by atoms with Gasteiger partial charge in [0.15, 0.2) is 0 Å². The Morgan fingerprint density at radius 1 is 1.53 bits per heavy atom. The molecule has 15 heavy (non-hydrogen) atoms. The second-order valence-corrected chi connectivity index (χ2v) is 4.65. The number of hydrogen-bond donors (Lipinski definition) is 1. The molecule has 0 radical (unpaired) electrons. The maximum atomic E-state index is 11.7. The lowest BCUT2D eigenvalue weighted by Gasteiger charge is -2.31. The minimum Gasteiger partial charge on any atom is -0.371 e. The monoisotopic (exact) mass is 212 g/mol. The van der Waals surface area contributed by atoms with E-state index in [-0.39, 0.29) is 12.5 Å². The third-order valence-corrected chi connectivity index (χ3v) is 3.00. The summed E-state index contributed by atoms with van der Waals surface area (Å²) >= 11 is 0. The number of nitrogens with zero attached hydrogens (tertiary/aromatic N) is 1. The van der Waals surface area contributed by atoms with E-state index < -0.39 is 0 Å². The molecule has 1 aliphatic heterocycles. The van der Waals surface area contributed by atoms with E-state index in [4.69, 9.17) is 4.74 Å². The molecule has 1 saturated heterocycles. The Balaban J connectivity index is 1.64. The van der Waals surface area contributed by atoms with Gasteiger partial charge in [-0.05, 0) is 25.7 Å². The molecule has 0 aromatic carbocycles. The molecule has 1 amide bonds. The molecule has 0 bridgehead atoms. The number of hydrogen-bond acceptors (Lipinski definition) is 3. The van der Waals surface area contributed by atoms with E-state index in [9.17, 15) is 4.79 Å². The first-order valence-corrected chi connectivity index (χ1v) is 5.84. The molecule has 2 rings (SSSR count). The van der Waals surface area contributed by atoms with Gasteiger partial charge in [0.2, 0.25) is 5.91 Å². The summed E-state index contributed by atoms with van der Waals surface area (Å²) in [6.07, 6.45) is 2.55. The quantitative estimate of drug-likeness (QED) is 0.725. The van der Waals surface area contributed by atoms with Crippen LogP contribution in [-0.2, 0) is 9.53 Å². The molecule has 86 valence electrons. The summed E-state index contributed by atoms with van der Waals surface area (Å²) in [5, 5.41) is 3.32. The molecule has 1 unspecified atom stereocenters. The van der Waals surface area contributed by atoms with E-state index in [1.54, 1.807) is 0 Å². The van der Waals surface area contributed by atoms with Gasteiger partial charge >= 0.3 is 0 Å². The van der Waals surface area contributed by atoms with Crippen LogP contribution in [0.1, 0.15) is 19.8 Å². The summed E-state index contributed by atoms with van der Waals surface area (Å²) in [6.45, 7) is 5.66. The van der Waals surface area contributed by atoms with Crippen LogP contribution in [0.25, 0.3) is 0 Å². The van der Waals surface area contributed by atoms with Gasteiger partial charge in [-0.1, -0.05) is 0 Å². The van der Waals surface area contributed by atoms with E-state index in [0.717, 1.165) is 32.2 Å². The van der Waals surface area contributed by atoms with Crippen LogP contribution in [-0.4, -0.2) is 49.7 Å². The molecule has 2 fully saturated rings. The zero-order valence-electron chi connectivity index (χ0n) is 9.37. The summed E-state index contributed by atoms with van der Waals surface area (Å²) in [5.41, 5.74) is 0. The second-order valence-electron chi connectivity index (χ2n) is 4.65. The fourth-order valence-electron chi connectivity index (χ4n) is 1.85. The van der Waals surface area contributed by atoms with Crippen LogP contribution in [0.5, 0.6) is 0 Å². The van der Waals surface area contributed by atoms with Gasteiger partial charge in [-0.15, -0.1) is 0 Å². The molecule has 0 spiro atoms. The van der Waals surface area contributed by atoms with Crippen molar-refractivity contribution < 1.29 is 9.53 Å². The van der Waals surface area contributed by atoms with Crippen LogP contribution in [0.15, 0.2) is 0 Å². The summed E-state index contributed by atoms with van der Waals surface area (Å²) in [4.78, 5) is 13.6. The van der Waals surface area contributed by atoms with E-state index >= 15 is 0 Å². The van der Waals surface area contributed by atoms with Crippen molar-refractivity contribution in [3.05, 3.63) is 0 Å². The van der Waals surface area contributed by atoms with Crippen molar-refractivity contribution in [1.82, 2.24) is 10.2 Å². The first-order chi connectivity index (χ1) is 7.25. The zero-order chi connectivity index (χ0) is 10.7. The lowest BCUT2D eigenvalue weighted by Crippen LogP contribution is -2.52. The Hall–Kier alpha value is -0.610. The normalized spacial score (nSPS) is 26.7. The molecule has 1 N–H and O–H groups in total. The van der Waals surface area contributed by atoms with Crippen molar-refractivity contribution >= 4 is 5.91 Å². The topological polar surface area (TPSA) is 41.6 Å². The van der Waals surface area contributed by atoms with Gasteiger partial charge in [0, 0.05) is 25.7 Å². The van der Waals surface area contributed by atoms with Crippen molar-refractivity contribution in [2.45, 2.75) is 25.8 Å². The van der Waals surface area contributed by atoms with E-state index in [0.29, 0.717) is 6.04 Å². The fourth-order valence-corrected chi connectivity index (χ4v) is 1.85. The van der Waals surface area contributed by atoms with Crippen LogP contribution in [0.2, 0.25) is 0 Å². The van der Waals surface area contributed by atoms with Gasteiger partial charge < -0.3 is 15.0 Å². The highest BCUT2D eigenvalue weighted by Gasteiger charge is 2.23. The van der Waals surface area contributed by atoms with Crippen LogP contribution in [0.3, 0.4) is 0 Å². The average molecular weight is 212 g/mol. The van der Waals surface area contributed by atoms with Gasteiger partial charge in [0.05, 0.1) is 6.61 Å². The molecular formula is C11H20N2O2. The van der Waals surface area contributed by atoms with Crippen molar-refractivity contribution in [2.75, 3.05) is 32.8 Å². The Kier molecular flexibility index (Phi) is 3.59. The van der Waals surface area contributed by atoms with Gasteiger partial charge in [0.1, 0.15) is 6.61 Å². The Bertz CT molecular complexity index is 229. The number of ether oxygens (including phenoxy) is 1. The molecule has 0 aromatic rings. The van der Waals surface area contributed by atoms with Crippen molar-refractivity contribution in [2.24, 2.45) is 5.92 Å². The Morgan fingerprint density at radius 3 is 3.00 bits per heavy atom. The molecule has 2 aliphatic rings. The average Bonchev–Trinajstić information content (AvgIpc) is 3.01. The molecule has 1 atom stereocenters. The lowest BCUT2D eigenvalue weighted by atomic mass is 10.2. The molecule has 1 saturated carbocycles. The minimum absolute atomic E-state index is 0.143. The Labute approximate surface area is 91.0 Å². The van der Waals surface area contributed by atoms with E-state index in [1.165, 1.54) is 12.8 Å². The molecule has 0 aromatic heterocycles. The first kappa shape index (κ1) is 10.9. The summed E-state index contributed by atoms with van der Waals surface area (Å²) in [7, 11) is 0. The molecule has 1 heterocycles. The number of amides is 1. The largest absolute Gasteiger partial charge is 0.371 e. The smallest absolute Gasteiger partial charge is 0.248 e. The molecule has 4 nitrogen and oxygen atoms in total. The van der Waals surface area contributed by atoms with Gasteiger partial charge in [-0.2, -0.15) is 0 Å². The van der Waals surface area contributed by atoms with Crippen LogP contribution in [0, 0.1) is 5.92 Å². The second kappa shape index (κ2) is 4.94. The third-order valence-electron chi connectivity index (χ3n) is 3.00. The van der Waals surface area contributed by atoms with Crippen LogP contribution >= 0.6 is 0 Å². The van der Waals surface area contributed by atoms with Crippen LogP contribution < -0.4 is 5.32 Å². The zero-order valence-corrected chi connectivity index (χ0v) is 9.37. The van der Waals surface area contributed by atoms with E-state index in [1.807, 2.05) is 4.90 Å². The number of carbonyl (C=O) groups excluding carboxylic acids is 1. The van der Waals surface area contributed by atoms with Gasteiger partial charge in [-0.3, -0.25) is 4.79 Å². The third kappa shape index (κ3) is 3.47. The molecule has 1 aliphatic carbocycles. The predicted molar refractivity (Wildman–Crippen MR) is 57.6 cm³/mol. The molecule has 4 heteroatoms. The highest BCUT2D eigenvalue weighted by atomic mass is 16.5. The SMILES string of the molecule is CC1CN(C(=O)COCC2CC2)CCN1. The summed E-state index contributed by atoms with van der Waals surface area (Å²) in [5.74, 6) is 0.878. The van der Waals surface area contributed by atoms with Gasteiger partial charge in [0.25, 0.3) is 0 Å². The maximum absolute atomic E-state index is 11.7. The number of nitrogens with one attached hydrogen (secondary N) is 1. The Morgan fingerprint density at radius 2 is 2.33 bits per heavy atom. The molecular weight excluding hydrogens is 192 g/mol. The van der Waals surface area contributed by atoms with E-state index in [2.05, 4.69) is 12.2 Å². The summed E-state index contributed by atoms with van der Waals surface area (Å²) in [6, 6.07) is 0.408. The first-order valence-electron chi connectivity index (χ1n) is 5.84. The van der Waals surface area contributed by atoms with Gasteiger partial charge in [-0.25, -0.2) is 0 Å². The fraction of sp³-hybridized carbons (Fsp3) is 0.909. The number of piperazine rings is 1. The predicted octanol–water partition coefficient (Wildman–Crippen LogP) is 0.233. The lowest BCUT2D eigenvalue weighted by molar-refractivity contribution is -0.137. The standard InChI is InChI=1S/C11H20N2O2/c1-9-6-13(5-4-12-9)11(14)8-15-7-10-2-3-10/h9-10,12H,2-8H2,1H3. The highest BCUT2D eigenvalue weighted by Crippen LogP contribution is 2.28. The number of carbonyl (C=O) groups is 1. The van der Waals surface area contributed by atoms with Crippen molar-refractivity contribution in [3.8, 4) is 0 Å². The van der Waals surface area contributed by atoms with Crippen LogP contribution in [0.4, 0.5) is 0 Å². The van der Waals surface area contributed by atoms with Crippen molar-refractivity contribution in [3.63, 3.8) is 0 Å². The maximum Gasteiger partial charge on any atom is 0.248 e.